The van der Waals surface area contributed by atoms with Crippen molar-refractivity contribution >= 4 is 17.5 Å². The van der Waals surface area contributed by atoms with E-state index in [0.717, 1.165) is 88.7 Å². The van der Waals surface area contributed by atoms with Gasteiger partial charge in [0.2, 0.25) is 0 Å². The number of aryl methyl sites for hydroxylation is 1. The number of carbonyl (C=O) groups excluding carboxylic acids is 1. The average molecular weight is 397 g/mol. The molecule has 0 spiro atoms. The lowest BCUT2D eigenvalue weighted by Crippen LogP contribution is -2.48. The van der Waals surface area contributed by atoms with Crippen molar-refractivity contribution in [2.24, 2.45) is 0 Å². The largest absolute Gasteiger partial charge is 0.459 e. The van der Waals surface area contributed by atoms with Crippen molar-refractivity contribution in [1.29, 1.82) is 0 Å². The zero-order chi connectivity index (χ0) is 19.6. The minimum atomic E-state index is -0.0864. The van der Waals surface area contributed by atoms with E-state index in [2.05, 4.69) is 31.2 Å². The molecule has 2 fully saturated rings. The van der Waals surface area contributed by atoms with Crippen LogP contribution in [0.4, 0.5) is 11.6 Å². The van der Waals surface area contributed by atoms with E-state index >= 15 is 0 Å². The minimum Gasteiger partial charge on any atom is -0.459 e. The summed E-state index contributed by atoms with van der Waals surface area (Å²) in [6.07, 6.45) is 8.43. The Morgan fingerprint density at radius 2 is 1.90 bits per heavy atom. The molecule has 5 rings (SSSR count). The number of nitrogens with one attached hydrogen (secondary N) is 1. The van der Waals surface area contributed by atoms with Gasteiger partial charge in [-0.15, -0.1) is 0 Å². The van der Waals surface area contributed by atoms with Crippen LogP contribution in [0.15, 0.2) is 23.1 Å². The summed E-state index contributed by atoms with van der Waals surface area (Å²) in [5.41, 5.74) is 2.29. The molecule has 8 nitrogen and oxygen atoms in total. The Morgan fingerprint density at radius 3 is 2.76 bits per heavy atom. The fourth-order valence-electron chi connectivity index (χ4n) is 4.58. The van der Waals surface area contributed by atoms with E-state index in [1.807, 2.05) is 0 Å². The van der Waals surface area contributed by atoms with E-state index < -0.39 is 0 Å². The van der Waals surface area contributed by atoms with Crippen molar-refractivity contribution in [3.63, 3.8) is 0 Å². The van der Waals surface area contributed by atoms with Gasteiger partial charge in [-0.05, 0) is 37.7 Å². The van der Waals surface area contributed by atoms with Crippen LogP contribution < -0.4 is 15.1 Å². The molecule has 0 bridgehead atoms. The van der Waals surface area contributed by atoms with Crippen LogP contribution in [0.5, 0.6) is 0 Å². The molecule has 4 heterocycles. The van der Waals surface area contributed by atoms with Gasteiger partial charge in [0.25, 0.3) is 5.91 Å². The first kappa shape index (κ1) is 18.4. The number of aromatic nitrogens is 2. The lowest BCUT2D eigenvalue weighted by molar-refractivity contribution is 0.0903. The number of carbonyl (C=O) groups is 1. The van der Waals surface area contributed by atoms with Gasteiger partial charge in [-0.1, -0.05) is 0 Å². The topological polar surface area (TPSA) is 83.7 Å². The molecular weight excluding hydrogens is 370 g/mol. The molecule has 0 aromatic carbocycles. The highest BCUT2D eigenvalue weighted by Gasteiger charge is 2.28. The van der Waals surface area contributed by atoms with E-state index in [0.29, 0.717) is 5.76 Å². The summed E-state index contributed by atoms with van der Waals surface area (Å²) in [4.78, 5) is 26.2. The molecular formula is C21H27N5O3. The molecule has 1 aliphatic carbocycles. The van der Waals surface area contributed by atoms with Gasteiger partial charge in [0, 0.05) is 43.9 Å². The Labute approximate surface area is 170 Å². The number of rotatable bonds is 4. The molecule has 1 N–H and O–H groups in total. The van der Waals surface area contributed by atoms with Gasteiger partial charge in [-0.2, -0.15) is 0 Å². The summed E-state index contributed by atoms with van der Waals surface area (Å²) < 4.78 is 11.0. The summed E-state index contributed by atoms with van der Waals surface area (Å²) in [5, 5.41) is 3.18. The zero-order valence-electron chi connectivity index (χ0n) is 16.6. The molecule has 2 saturated heterocycles. The van der Waals surface area contributed by atoms with Crippen LogP contribution in [-0.4, -0.2) is 61.3 Å². The van der Waals surface area contributed by atoms with Gasteiger partial charge in [-0.3, -0.25) is 4.79 Å². The SMILES string of the molecule is O=C(NC1CCCN(c2cc(N3CCOCC3)ncn2)C1)c1occ2c1CCC2. The van der Waals surface area contributed by atoms with Crippen LogP contribution in [-0.2, 0) is 17.6 Å². The van der Waals surface area contributed by atoms with Crippen molar-refractivity contribution in [2.45, 2.75) is 38.1 Å². The number of hydrogen-bond donors (Lipinski definition) is 1. The Balaban J connectivity index is 1.25. The number of piperidine rings is 1. The van der Waals surface area contributed by atoms with E-state index in [9.17, 15) is 4.79 Å². The van der Waals surface area contributed by atoms with E-state index in [-0.39, 0.29) is 11.9 Å². The maximum absolute atomic E-state index is 12.8. The molecule has 1 amide bonds. The van der Waals surface area contributed by atoms with Crippen molar-refractivity contribution < 1.29 is 13.9 Å². The number of furan rings is 1. The smallest absolute Gasteiger partial charge is 0.287 e. The molecule has 154 valence electrons. The molecule has 3 aliphatic rings. The second-order valence-electron chi connectivity index (χ2n) is 8.01. The number of amides is 1. The molecule has 0 saturated carbocycles. The van der Waals surface area contributed by atoms with E-state index in [1.54, 1.807) is 12.6 Å². The molecule has 1 unspecified atom stereocenters. The lowest BCUT2D eigenvalue weighted by atomic mass is 10.1. The highest BCUT2D eigenvalue weighted by molar-refractivity contribution is 5.93. The van der Waals surface area contributed by atoms with E-state index in [4.69, 9.17) is 9.15 Å². The van der Waals surface area contributed by atoms with Crippen LogP contribution in [0, 0.1) is 0 Å². The summed E-state index contributed by atoms with van der Waals surface area (Å²) in [7, 11) is 0. The van der Waals surface area contributed by atoms with Crippen molar-refractivity contribution in [3.8, 4) is 0 Å². The summed E-state index contributed by atoms with van der Waals surface area (Å²) in [6.45, 7) is 4.84. The second kappa shape index (κ2) is 8.02. The van der Waals surface area contributed by atoms with Crippen molar-refractivity contribution in [3.05, 3.63) is 35.5 Å². The fraction of sp³-hybridized carbons (Fsp3) is 0.571. The maximum atomic E-state index is 12.8. The molecule has 2 aliphatic heterocycles. The van der Waals surface area contributed by atoms with Gasteiger partial charge in [0.15, 0.2) is 5.76 Å². The van der Waals surface area contributed by atoms with Crippen LogP contribution in [0.25, 0.3) is 0 Å². The summed E-state index contributed by atoms with van der Waals surface area (Å²) >= 11 is 0. The Morgan fingerprint density at radius 1 is 1.07 bits per heavy atom. The number of ether oxygens (including phenoxy) is 1. The molecule has 2 aromatic heterocycles. The van der Waals surface area contributed by atoms with Gasteiger partial charge >= 0.3 is 0 Å². The number of fused-ring (bicyclic) bond motifs is 1. The Bertz CT molecular complexity index is 877. The average Bonchev–Trinajstić information content (AvgIpc) is 3.39. The molecule has 8 heteroatoms. The van der Waals surface area contributed by atoms with Crippen LogP contribution in [0.3, 0.4) is 0 Å². The number of morpholine rings is 1. The first-order valence-electron chi connectivity index (χ1n) is 10.6. The molecule has 29 heavy (non-hydrogen) atoms. The first-order chi connectivity index (χ1) is 14.3. The first-order valence-corrected chi connectivity index (χ1v) is 10.6. The summed E-state index contributed by atoms with van der Waals surface area (Å²) in [6, 6.07) is 2.13. The molecule has 0 radical (unpaired) electrons. The van der Waals surface area contributed by atoms with Gasteiger partial charge in [0.1, 0.15) is 18.0 Å². The number of anilines is 2. The molecule has 1 atom stereocenters. The quantitative estimate of drug-likeness (QED) is 0.842. The Hall–Kier alpha value is -2.61. The monoisotopic (exact) mass is 397 g/mol. The van der Waals surface area contributed by atoms with Gasteiger partial charge < -0.3 is 24.3 Å². The number of nitrogens with zero attached hydrogens (tertiary/aromatic N) is 4. The third-order valence-electron chi connectivity index (χ3n) is 6.11. The predicted molar refractivity (Wildman–Crippen MR) is 108 cm³/mol. The predicted octanol–water partition coefficient (Wildman–Crippen LogP) is 1.79. The lowest BCUT2D eigenvalue weighted by Gasteiger charge is -2.34. The van der Waals surface area contributed by atoms with E-state index in [1.165, 1.54) is 5.56 Å². The standard InChI is InChI=1S/C21H27N5O3/c27-21(20-17-5-1-3-15(17)13-29-20)24-16-4-2-6-26(12-16)19-11-18(22-14-23-19)25-7-9-28-10-8-25/h11,13-14,16H,1-10,12H2,(H,24,27). The Kier molecular flexibility index (Phi) is 5.10. The highest BCUT2D eigenvalue weighted by Crippen LogP contribution is 2.27. The number of hydrogen-bond acceptors (Lipinski definition) is 7. The third kappa shape index (κ3) is 3.81. The zero-order valence-corrected chi connectivity index (χ0v) is 16.6. The summed E-state index contributed by atoms with van der Waals surface area (Å²) in [5.74, 6) is 2.28. The van der Waals surface area contributed by atoms with Crippen LogP contribution in [0.2, 0.25) is 0 Å². The van der Waals surface area contributed by atoms with Crippen molar-refractivity contribution in [2.75, 3.05) is 49.2 Å². The maximum Gasteiger partial charge on any atom is 0.287 e. The van der Waals surface area contributed by atoms with Gasteiger partial charge in [0.05, 0.1) is 19.5 Å². The second-order valence-corrected chi connectivity index (χ2v) is 8.01. The van der Waals surface area contributed by atoms with Crippen molar-refractivity contribution in [1.82, 2.24) is 15.3 Å². The van der Waals surface area contributed by atoms with Gasteiger partial charge in [-0.25, -0.2) is 9.97 Å². The fourth-order valence-corrected chi connectivity index (χ4v) is 4.58. The molecule has 2 aromatic rings. The minimum absolute atomic E-state index is 0.0835. The third-order valence-corrected chi connectivity index (χ3v) is 6.11. The highest BCUT2D eigenvalue weighted by atomic mass is 16.5. The van der Waals surface area contributed by atoms with Crippen LogP contribution in [0.1, 0.15) is 40.9 Å². The van der Waals surface area contributed by atoms with Crippen LogP contribution >= 0.6 is 0 Å². The normalized spacial score (nSPS) is 21.9.